The number of hydrogen-bond acceptors (Lipinski definition) is 2. The number of ether oxygens (including phenoxy) is 2. The van der Waals surface area contributed by atoms with Gasteiger partial charge >= 0.3 is 0 Å². The fraction of sp³-hybridized carbons (Fsp3) is 0.368. The van der Waals surface area contributed by atoms with Gasteiger partial charge < -0.3 is 14.8 Å². The van der Waals surface area contributed by atoms with Gasteiger partial charge in [0.1, 0.15) is 31.5 Å². The summed E-state index contributed by atoms with van der Waals surface area (Å²) in [6, 6.07) is 18.6. The molecule has 1 fully saturated rings. The summed E-state index contributed by atoms with van der Waals surface area (Å²) in [7, 11) is 0. The summed E-state index contributed by atoms with van der Waals surface area (Å²) >= 11 is 0. The van der Waals surface area contributed by atoms with Gasteiger partial charge in [-0.25, -0.2) is 0 Å². The monoisotopic (exact) mass is 298 g/mol. The number of hydrogen-bond donors (Lipinski definition) is 1. The third kappa shape index (κ3) is 4.33. The van der Waals surface area contributed by atoms with E-state index in [-0.39, 0.29) is 0 Å². The maximum atomic E-state index is 5.99. The standard InChI is InChI=1S/C19H23NO2/c1-2-7-16(8-3-1)15-22-19-11-5-4-9-17(19)13-20-14-18-10-6-12-21-18/h1-5,7-9,11,18,20H,6,10,12-15H2/p+1/t18-/m0/s1. The average Bonchev–Trinajstić information content (AvgIpc) is 3.08. The van der Waals surface area contributed by atoms with Gasteiger partial charge in [-0.15, -0.1) is 0 Å². The van der Waals surface area contributed by atoms with Crippen molar-refractivity contribution in [3.05, 3.63) is 65.7 Å². The highest BCUT2D eigenvalue weighted by Crippen LogP contribution is 2.18. The lowest BCUT2D eigenvalue weighted by molar-refractivity contribution is -0.676. The Morgan fingerprint density at radius 3 is 2.68 bits per heavy atom. The van der Waals surface area contributed by atoms with Crippen LogP contribution in [0.1, 0.15) is 24.0 Å². The largest absolute Gasteiger partial charge is 0.488 e. The summed E-state index contributed by atoms with van der Waals surface area (Å²) < 4.78 is 11.7. The second-order valence-electron chi connectivity index (χ2n) is 5.75. The van der Waals surface area contributed by atoms with Crippen molar-refractivity contribution in [2.75, 3.05) is 13.2 Å². The lowest BCUT2D eigenvalue weighted by Gasteiger charge is -2.12. The second kappa shape index (κ2) is 7.97. The molecule has 0 amide bonds. The molecule has 3 nitrogen and oxygen atoms in total. The molecular weight excluding hydrogens is 274 g/mol. The third-order valence-electron chi connectivity index (χ3n) is 4.03. The molecule has 22 heavy (non-hydrogen) atoms. The number of rotatable bonds is 7. The summed E-state index contributed by atoms with van der Waals surface area (Å²) in [5.74, 6) is 0.981. The molecule has 1 heterocycles. The summed E-state index contributed by atoms with van der Waals surface area (Å²) in [5.41, 5.74) is 2.44. The van der Waals surface area contributed by atoms with Crippen molar-refractivity contribution in [1.29, 1.82) is 0 Å². The molecule has 1 atom stereocenters. The van der Waals surface area contributed by atoms with E-state index in [0.29, 0.717) is 12.7 Å². The zero-order valence-corrected chi connectivity index (χ0v) is 12.9. The van der Waals surface area contributed by atoms with Crippen LogP contribution in [0, 0.1) is 0 Å². The quantitative estimate of drug-likeness (QED) is 0.852. The first-order valence-electron chi connectivity index (χ1n) is 8.10. The van der Waals surface area contributed by atoms with Crippen LogP contribution in [0.15, 0.2) is 54.6 Å². The van der Waals surface area contributed by atoms with Crippen LogP contribution in [-0.4, -0.2) is 19.3 Å². The molecule has 2 N–H and O–H groups in total. The van der Waals surface area contributed by atoms with E-state index < -0.39 is 0 Å². The van der Waals surface area contributed by atoms with Gasteiger partial charge in [0.2, 0.25) is 0 Å². The van der Waals surface area contributed by atoms with Crippen molar-refractivity contribution in [2.45, 2.75) is 32.1 Å². The lowest BCUT2D eigenvalue weighted by atomic mass is 10.2. The molecule has 1 aliphatic heterocycles. The Balaban J connectivity index is 1.52. The molecule has 3 heteroatoms. The van der Waals surface area contributed by atoms with E-state index in [0.717, 1.165) is 25.4 Å². The van der Waals surface area contributed by atoms with Crippen molar-refractivity contribution in [1.82, 2.24) is 0 Å². The van der Waals surface area contributed by atoms with Gasteiger partial charge in [-0.1, -0.05) is 42.5 Å². The van der Waals surface area contributed by atoms with Gasteiger partial charge in [-0.2, -0.15) is 0 Å². The fourth-order valence-corrected chi connectivity index (χ4v) is 2.80. The number of para-hydroxylation sites is 1. The third-order valence-corrected chi connectivity index (χ3v) is 4.03. The Morgan fingerprint density at radius 2 is 1.86 bits per heavy atom. The van der Waals surface area contributed by atoms with E-state index in [9.17, 15) is 0 Å². The van der Waals surface area contributed by atoms with Gasteiger partial charge in [0.25, 0.3) is 0 Å². The Bertz CT molecular complexity index is 565. The minimum absolute atomic E-state index is 0.428. The Hall–Kier alpha value is -1.84. The maximum Gasteiger partial charge on any atom is 0.128 e. The molecule has 0 saturated carbocycles. The molecule has 1 saturated heterocycles. The molecule has 0 spiro atoms. The lowest BCUT2D eigenvalue weighted by Crippen LogP contribution is -2.84. The van der Waals surface area contributed by atoms with Gasteiger partial charge in [-0.05, 0) is 30.5 Å². The highest BCUT2D eigenvalue weighted by Gasteiger charge is 2.17. The molecular formula is C19H24NO2+. The van der Waals surface area contributed by atoms with E-state index in [1.165, 1.54) is 24.0 Å². The predicted octanol–water partition coefficient (Wildman–Crippen LogP) is 2.51. The van der Waals surface area contributed by atoms with Gasteiger partial charge in [0.15, 0.2) is 0 Å². The zero-order chi connectivity index (χ0) is 15.0. The number of nitrogens with two attached hydrogens (primary N) is 1. The van der Waals surface area contributed by atoms with Crippen molar-refractivity contribution >= 4 is 0 Å². The molecule has 1 aliphatic rings. The average molecular weight is 298 g/mol. The van der Waals surface area contributed by atoms with Gasteiger partial charge in [-0.3, -0.25) is 0 Å². The van der Waals surface area contributed by atoms with E-state index in [4.69, 9.17) is 9.47 Å². The molecule has 2 aromatic rings. The van der Waals surface area contributed by atoms with E-state index in [2.05, 4.69) is 35.6 Å². The first-order chi connectivity index (χ1) is 10.9. The van der Waals surface area contributed by atoms with E-state index in [1.54, 1.807) is 0 Å². The fourth-order valence-electron chi connectivity index (χ4n) is 2.80. The number of quaternary nitrogens is 1. The van der Waals surface area contributed by atoms with Crippen LogP contribution in [0.4, 0.5) is 0 Å². The van der Waals surface area contributed by atoms with Crippen LogP contribution < -0.4 is 10.1 Å². The van der Waals surface area contributed by atoms with E-state index in [1.807, 2.05) is 24.3 Å². The number of benzene rings is 2. The SMILES string of the molecule is c1ccc(COc2ccccc2C[NH2+]C[C@@H]2CCCO2)cc1. The minimum atomic E-state index is 0.428. The molecule has 0 aliphatic carbocycles. The summed E-state index contributed by atoms with van der Waals surface area (Å²) in [4.78, 5) is 0. The molecule has 116 valence electrons. The van der Waals surface area contributed by atoms with Crippen LogP contribution in [0.25, 0.3) is 0 Å². The second-order valence-corrected chi connectivity index (χ2v) is 5.75. The van der Waals surface area contributed by atoms with Crippen molar-refractivity contribution < 1.29 is 14.8 Å². The Morgan fingerprint density at radius 1 is 1.05 bits per heavy atom. The smallest absolute Gasteiger partial charge is 0.128 e. The van der Waals surface area contributed by atoms with Crippen LogP contribution in [0.3, 0.4) is 0 Å². The highest BCUT2D eigenvalue weighted by molar-refractivity contribution is 5.32. The zero-order valence-electron chi connectivity index (χ0n) is 12.9. The molecule has 0 bridgehead atoms. The van der Waals surface area contributed by atoms with Crippen molar-refractivity contribution in [2.24, 2.45) is 0 Å². The van der Waals surface area contributed by atoms with Crippen LogP contribution in [0.2, 0.25) is 0 Å². The molecule has 2 aromatic carbocycles. The van der Waals surface area contributed by atoms with Crippen LogP contribution in [-0.2, 0) is 17.9 Å². The normalized spacial score (nSPS) is 17.5. The molecule has 0 unspecified atom stereocenters. The van der Waals surface area contributed by atoms with Crippen molar-refractivity contribution in [3.63, 3.8) is 0 Å². The van der Waals surface area contributed by atoms with Crippen LogP contribution >= 0.6 is 0 Å². The topological polar surface area (TPSA) is 35.1 Å². The Kier molecular flexibility index (Phi) is 5.46. The van der Waals surface area contributed by atoms with Crippen molar-refractivity contribution in [3.8, 4) is 5.75 Å². The first-order valence-corrected chi connectivity index (χ1v) is 8.10. The predicted molar refractivity (Wildman–Crippen MR) is 86.7 cm³/mol. The summed E-state index contributed by atoms with van der Waals surface area (Å²) in [5, 5.41) is 2.32. The first kappa shape index (κ1) is 15.1. The van der Waals surface area contributed by atoms with E-state index >= 15 is 0 Å². The minimum Gasteiger partial charge on any atom is -0.488 e. The van der Waals surface area contributed by atoms with Gasteiger partial charge in [0.05, 0.1) is 0 Å². The highest BCUT2D eigenvalue weighted by atomic mass is 16.5. The molecule has 0 aromatic heterocycles. The molecule has 3 rings (SSSR count). The van der Waals surface area contributed by atoms with Gasteiger partial charge in [0, 0.05) is 12.2 Å². The molecule has 0 radical (unpaired) electrons. The maximum absolute atomic E-state index is 5.99. The Labute approximate surface area is 132 Å². The summed E-state index contributed by atoms with van der Waals surface area (Å²) in [6.45, 7) is 3.51. The summed E-state index contributed by atoms with van der Waals surface area (Å²) in [6.07, 6.45) is 2.83. The van der Waals surface area contributed by atoms with Crippen LogP contribution in [0.5, 0.6) is 5.75 Å².